The Hall–Kier alpha value is -1.06. The fourth-order valence-electron chi connectivity index (χ4n) is 4.64. The zero-order valence-corrected chi connectivity index (χ0v) is 15.4. The van der Waals surface area contributed by atoms with Gasteiger partial charge in [0.2, 0.25) is 0 Å². The molecular formula is C20H32N2O. The molecule has 0 amide bonds. The van der Waals surface area contributed by atoms with E-state index in [1.807, 2.05) is 13.8 Å². The first-order valence-electron chi connectivity index (χ1n) is 8.88. The second kappa shape index (κ2) is 5.49. The Balaban J connectivity index is 1.98. The maximum atomic E-state index is 10.7. The first kappa shape index (κ1) is 16.8. The van der Waals surface area contributed by atoms with Crippen molar-refractivity contribution in [2.75, 3.05) is 12.4 Å². The number of likely N-dealkylation sites (tertiary alicyclic amines) is 1. The Bertz CT molecular complexity index is 570. The molecule has 1 fully saturated rings. The third-order valence-corrected chi connectivity index (χ3v) is 5.66. The van der Waals surface area contributed by atoms with Crippen molar-refractivity contribution in [3.8, 4) is 0 Å². The van der Waals surface area contributed by atoms with E-state index in [2.05, 4.69) is 62.3 Å². The van der Waals surface area contributed by atoms with Crippen molar-refractivity contribution in [2.24, 2.45) is 5.41 Å². The van der Waals surface area contributed by atoms with E-state index < -0.39 is 5.60 Å². The lowest BCUT2D eigenvalue weighted by atomic mass is 9.72. The quantitative estimate of drug-likeness (QED) is 0.870. The van der Waals surface area contributed by atoms with Crippen LogP contribution in [-0.2, 0) is 0 Å². The van der Waals surface area contributed by atoms with Crippen LogP contribution in [0.15, 0.2) is 24.3 Å². The average Bonchev–Trinajstić information content (AvgIpc) is 2.78. The van der Waals surface area contributed by atoms with Gasteiger partial charge in [0.15, 0.2) is 0 Å². The highest BCUT2D eigenvalue weighted by molar-refractivity contribution is 5.60. The molecule has 3 nitrogen and oxygen atoms in total. The van der Waals surface area contributed by atoms with Gasteiger partial charge in [0.1, 0.15) is 0 Å². The van der Waals surface area contributed by atoms with Crippen LogP contribution >= 0.6 is 0 Å². The smallest absolute Gasteiger partial charge is 0.0746 e. The molecule has 0 aliphatic carbocycles. The van der Waals surface area contributed by atoms with Crippen LogP contribution in [0, 0.1) is 5.41 Å². The number of benzene rings is 1. The van der Waals surface area contributed by atoms with E-state index in [9.17, 15) is 5.11 Å². The standard InChI is InChI=1S/C20H32N2O/c1-19(2,3)12-16-18-14(11-17(22(16)6)20(4,5)23)13-9-7-8-10-15(13)21-18/h7-10,14,16-18,21,23H,11-12H2,1-6H3/t14?,16-,17+,18?/m1/s1. The van der Waals surface area contributed by atoms with Gasteiger partial charge in [-0.05, 0) is 50.8 Å². The molecule has 0 bridgehead atoms. The van der Waals surface area contributed by atoms with Crippen LogP contribution in [-0.4, -0.2) is 40.8 Å². The van der Waals surface area contributed by atoms with Crippen molar-refractivity contribution in [2.45, 2.75) is 77.1 Å². The van der Waals surface area contributed by atoms with Crippen LogP contribution in [0.3, 0.4) is 0 Å². The summed E-state index contributed by atoms with van der Waals surface area (Å²) in [7, 11) is 2.19. The molecule has 0 radical (unpaired) electrons. The summed E-state index contributed by atoms with van der Waals surface area (Å²) in [5, 5.41) is 14.5. The SMILES string of the molecule is CN1[C@H](CC(C)(C)C)C2Nc3ccccc3C2C[C@H]1C(C)(C)O. The lowest BCUT2D eigenvalue weighted by molar-refractivity contribution is -0.0594. The molecule has 2 aliphatic rings. The van der Waals surface area contributed by atoms with E-state index in [0.717, 1.165) is 12.8 Å². The molecule has 3 rings (SSSR count). The molecule has 1 aromatic rings. The Morgan fingerprint density at radius 2 is 1.83 bits per heavy atom. The first-order valence-corrected chi connectivity index (χ1v) is 8.88. The normalized spacial score (nSPS) is 31.4. The molecule has 3 heteroatoms. The zero-order valence-electron chi connectivity index (χ0n) is 15.4. The number of hydrogen-bond donors (Lipinski definition) is 2. The number of hydrogen-bond acceptors (Lipinski definition) is 3. The van der Waals surface area contributed by atoms with Gasteiger partial charge in [-0.25, -0.2) is 0 Å². The molecule has 23 heavy (non-hydrogen) atoms. The number of likely N-dealkylation sites (N-methyl/N-ethyl adjacent to an activating group) is 1. The van der Waals surface area contributed by atoms with E-state index in [1.165, 1.54) is 11.3 Å². The molecular weight excluding hydrogens is 284 g/mol. The summed E-state index contributed by atoms with van der Waals surface area (Å²) >= 11 is 0. The Morgan fingerprint density at radius 3 is 2.43 bits per heavy atom. The predicted octanol–water partition coefficient (Wildman–Crippen LogP) is 3.84. The number of anilines is 1. The van der Waals surface area contributed by atoms with Crippen molar-refractivity contribution in [3.05, 3.63) is 29.8 Å². The third kappa shape index (κ3) is 3.14. The third-order valence-electron chi connectivity index (χ3n) is 5.66. The number of fused-ring (bicyclic) bond motifs is 3. The molecule has 4 atom stereocenters. The Morgan fingerprint density at radius 1 is 1.17 bits per heavy atom. The van der Waals surface area contributed by atoms with E-state index in [4.69, 9.17) is 0 Å². The van der Waals surface area contributed by atoms with Crippen molar-refractivity contribution in [1.29, 1.82) is 0 Å². The highest BCUT2D eigenvalue weighted by atomic mass is 16.3. The van der Waals surface area contributed by atoms with Crippen LogP contribution in [0.1, 0.15) is 58.9 Å². The first-order chi connectivity index (χ1) is 10.6. The van der Waals surface area contributed by atoms with E-state index in [-0.39, 0.29) is 11.5 Å². The summed E-state index contributed by atoms with van der Waals surface area (Å²) in [6.07, 6.45) is 2.13. The summed E-state index contributed by atoms with van der Waals surface area (Å²) in [4.78, 5) is 2.44. The molecule has 1 saturated heterocycles. The van der Waals surface area contributed by atoms with Crippen molar-refractivity contribution >= 4 is 5.69 Å². The van der Waals surface area contributed by atoms with Gasteiger partial charge in [-0.3, -0.25) is 4.90 Å². The number of rotatable bonds is 2. The fraction of sp³-hybridized carbons (Fsp3) is 0.700. The van der Waals surface area contributed by atoms with E-state index in [0.29, 0.717) is 18.0 Å². The minimum absolute atomic E-state index is 0.184. The maximum absolute atomic E-state index is 10.7. The van der Waals surface area contributed by atoms with Gasteiger partial charge >= 0.3 is 0 Å². The van der Waals surface area contributed by atoms with Crippen LogP contribution < -0.4 is 5.32 Å². The highest BCUT2D eigenvalue weighted by Crippen LogP contribution is 2.48. The topological polar surface area (TPSA) is 35.5 Å². The summed E-state index contributed by atoms with van der Waals surface area (Å²) in [6, 6.07) is 9.75. The van der Waals surface area contributed by atoms with Crippen molar-refractivity contribution < 1.29 is 5.11 Å². The zero-order chi connectivity index (χ0) is 17.0. The molecule has 128 valence electrons. The minimum Gasteiger partial charge on any atom is -0.389 e. The fourth-order valence-corrected chi connectivity index (χ4v) is 4.64. The summed E-state index contributed by atoms with van der Waals surface area (Å²) in [5.74, 6) is 0.492. The average molecular weight is 316 g/mol. The van der Waals surface area contributed by atoms with Gasteiger partial charge in [0, 0.05) is 29.7 Å². The summed E-state index contributed by atoms with van der Waals surface area (Å²) in [5.41, 5.74) is 2.29. The molecule has 0 spiro atoms. The van der Waals surface area contributed by atoms with Gasteiger partial charge < -0.3 is 10.4 Å². The number of para-hydroxylation sites is 1. The second-order valence-electron chi connectivity index (χ2n) is 9.27. The molecule has 2 unspecified atom stereocenters. The maximum Gasteiger partial charge on any atom is 0.0746 e. The van der Waals surface area contributed by atoms with E-state index >= 15 is 0 Å². The predicted molar refractivity (Wildman–Crippen MR) is 96.9 cm³/mol. The molecule has 2 aliphatic heterocycles. The van der Waals surface area contributed by atoms with Gasteiger partial charge in [-0.1, -0.05) is 39.0 Å². The van der Waals surface area contributed by atoms with Gasteiger partial charge in [0.25, 0.3) is 0 Å². The molecule has 0 aromatic heterocycles. The number of nitrogens with one attached hydrogen (secondary N) is 1. The lowest BCUT2D eigenvalue weighted by Gasteiger charge is -2.51. The highest BCUT2D eigenvalue weighted by Gasteiger charge is 2.49. The van der Waals surface area contributed by atoms with Gasteiger partial charge in [0.05, 0.1) is 5.60 Å². The molecule has 2 N–H and O–H groups in total. The second-order valence-corrected chi connectivity index (χ2v) is 9.27. The molecule has 2 heterocycles. The molecule has 0 saturated carbocycles. The minimum atomic E-state index is -0.687. The van der Waals surface area contributed by atoms with Crippen molar-refractivity contribution in [3.63, 3.8) is 0 Å². The van der Waals surface area contributed by atoms with Crippen LogP contribution in [0.2, 0.25) is 0 Å². The number of nitrogens with zero attached hydrogens (tertiary/aromatic N) is 1. The van der Waals surface area contributed by atoms with Crippen LogP contribution in [0.25, 0.3) is 0 Å². The summed E-state index contributed by atoms with van der Waals surface area (Å²) < 4.78 is 0. The van der Waals surface area contributed by atoms with Crippen LogP contribution in [0.4, 0.5) is 5.69 Å². The monoisotopic (exact) mass is 316 g/mol. The number of piperidine rings is 1. The summed E-state index contributed by atoms with van der Waals surface area (Å²) in [6.45, 7) is 10.8. The molecule has 1 aromatic carbocycles. The number of aliphatic hydroxyl groups is 1. The Kier molecular flexibility index (Phi) is 4.01. The lowest BCUT2D eigenvalue weighted by Crippen LogP contribution is -2.62. The van der Waals surface area contributed by atoms with Gasteiger partial charge in [-0.15, -0.1) is 0 Å². The Labute approximate surface area is 141 Å². The van der Waals surface area contributed by atoms with Crippen LogP contribution in [0.5, 0.6) is 0 Å². The van der Waals surface area contributed by atoms with E-state index in [1.54, 1.807) is 0 Å². The largest absolute Gasteiger partial charge is 0.389 e. The van der Waals surface area contributed by atoms with Gasteiger partial charge in [-0.2, -0.15) is 0 Å². The van der Waals surface area contributed by atoms with Crippen molar-refractivity contribution in [1.82, 2.24) is 4.90 Å².